The first-order valence-electron chi connectivity index (χ1n) is 11.6. The Labute approximate surface area is 201 Å². The molecule has 0 bridgehead atoms. The van der Waals surface area contributed by atoms with Gasteiger partial charge >= 0.3 is 0 Å². The zero-order valence-corrected chi connectivity index (χ0v) is 19.7. The average Bonchev–Trinajstić information content (AvgIpc) is 3.35. The summed E-state index contributed by atoms with van der Waals surface area (Å²) in [4.78, 5) is 30.2. The third kappa shape index (κ3) is 4.22. The molecule has 35 heavy (non-hydrogen) atoms. The van der Waals surface area contributed by atoms with Gasteiger partial charge in [0.25, 0.3) is 11.5 Å². The molecule has 4 N–H and O–H groups in total. The molecule has 2 unspecified atom stereocenters. The van der Waals surface area contributed by atoms with Gasteiger partial charge in [-0.2, -0.15) is 0 Å². The number of pyridine rings is 1. The largest absolute Gasteiger partial charge is 0.382 e. The van der Waals surface area contributed by atoms with Crippen molar-refractivity contribution in [3.05, 3.63) is 86.8 Å². The number of carbonyl (C=O) groups excluding carboxylic acids is 1. The molecular formula is C26H27F2N5O2. The van der Waals surface area contributed by atoms with Gasteiger partial charge in [-0.1, -0.05) is 0 Å². The van der Waals surface area contributed by atoms with Crippen molar-refractivity contribution < 1.29 is 13.6 Å². The third-order valence-electron chi connectivity index (χ3n) is 6.52. The fourth-order valence-corrected chi connectivity index (χ4v) is 4.78. The topological polar surface area (TPSA) is 89.3 Å². The number of nitrogens with zero attached hydrogens (tertiary/aromatic N) is 1. The molecule has 2 atom stereocenters. The Hall–Kier alpha value is -3.88. The Balaban J connectivity index is 1.38. The Morgan fingerprint density at radius 2 is 1.80 bits per heavy atom. The van der Waals surface area contributed by atoms with Crippen LogP contribution in [0.25, 0.3) is 0 Å². The minimum absolute atomic E-state index is 0.00127. The summed E-state index contributed by atoms with van der Waals surface area (Å²) in [5.74, 6) is -0.967. The van der Waals surface area contributed by atoms with Crippen LogP contribution in [0.3, 0.4) is 0 Å². The van der Waals surface area contributed by atoms with Gasteiger partial charge in [0.2, 0.25) is 0 Å². The van der Waals surface area contributed by atoms with Gasteiger partial charge in [-0.15, -0.1) is 0 Å². The fraction of sp³-hybridized carbons (Fsp3) is 0.308. The molecule has 3 aromatic rings. The second-order valence-electron chi connectivity index (χ2n) is 9.42. The quantitative estimate of drug-likeness (QED) is 0.415. The molecule has 0 saturated carbocycles. The number of fused-ring (bicyclic) bond motifs is 2. The van der Waals surface area contributed by atoms with Crippen molar-refractivity contribution in [3.63, 3.8) is 0 Å². The van der Waals surface area contributed by atoms with Gasteiger partial charge in [-0.25, -0.2) is 8.78 Å². The molecule has 1 amide bonds. The summed E-state index contributed by atoms with van der Waals surface area (Å²) in [6.07, 6.45) is 1.25. The zero-order valence-electron chi connectivity index (χ0n) is 19.7. The smallest absolute Gasteiger partial charge is 0.257 e. The molecule has 0 fully saturated rings. The van der Waals surface area contributed by atoms with Crippen molar-refractivity contribution in [3.8, 4) is 0 Å². The molecule has 3 heterocycles. The van der Waals surface area contributed by atoms with Crippen LogP contribution >= 0.6 is 0 Å². The van der Waals surface area contributed by atoms with E-state index in [0.717, 1.165) is 29.1 Å². The maximum Gasteiger partial charge on any atom is 0.257 e. The molecule has 7 nitrogen and oxygen atoms in total. The number of anilines is 3. The number of hydrogen-bond acceptors (Lipinski definition) is 5. The van der Waals surface area contributed by atoms with Gasteiger partial charge in [-0.05, 0) is 74.7 Å². The highest BCUT2D eigenvalue weighted by atomic mass is 19.1. The van der Waals surface area contributed by atoms with Crippen molar-refractivity contribution >= 4 is 23.0 Å². The Morgan fingerprint density at radius 3 is 2.54 bits per heavy atom. The molecule has 5 rings (SSSR count). The summed E-state index contributed by atoms with van der Waals surface area (Å²) in [7, 11) is 0. The van der Waals surface area contributed by atoms with Gasteiger partial charge in [-0.3, -0.25) is 9.59 Å². The van der Waals surface area contributed by atoms with Gasteiger partial charge in [0.05, 0.1) is 16.9 Å². The molecule has 2 aliphatic heterocycles. The Kier molecular flexibility index (Phi) is 5.70. The number of nitrogens with one attached hydrogen (secondary N) is 4. The lowest BCUT2D eigenvalue weighted by atomic mass is 10.1. The number of carbonyl (C=O) groups is 1. The van der Waals surface area contributed by atoms with Crippen LogP contribution in [0.5, 0.6) is 0 Å². The molecular weight excluding hydrogens is 452 g/mol. The van der Waals surface area contributed by atoms with Gasteiger partial charge in [0.15, 0.2) is 0 Å². The van der Waals surface area contributed by atoms with E-state index in [1.807, 2.05) is 37.8 Å². The number of aromatic nitrogens is 1. The second-order valence-corrected chi connectivity index (χ2v) is 9.42. The standard InChI is InChI=1S/C26H27F2N5O2/c1-13(2)33-12-16-10-21-22(11-18(16)26(33)35)32-24(31-21)23-20(6-7-29-25(23)34)30-14(3)8-15-9-17(27)4-5-19(15)28/h4-7,9-11,13-14,24,31-32H,8,12H2,1-3H3,(H2,29,30,34). The summed E-state index contributed by atoms with van der Waals surface area (Å²) in [5, 5.41) is 9.93. The number of aromatic amines is 1. The average molecular weight is 480 g/mol. The van der Waals surface area contributed by atoms with E-state index >= 15 is 0 Å². The summed E-state index contributed by atoms with van der Waals surface area (Å²) in [6, 6.07) is 8.75. The monoisotopic (exact) mass is 479 g/mol. The molecule has 2 aliphatic rings. The van der Waals surface area contributed by atoms with Crippen LogP contribution in [0, 0.1) is 11.6 Å². The SMILES string of the molecule is CC(Cc1cc(F)ccc1F)Nc1cc[nH]c(=O)c1C1Nc2cc3c(cc2N1)C(=O)N(C(C)C)C3. The zero-order chi connectivity index (χ0) is 24.9. The number of rotatable bonds is 6. The van der Waals surface area contributed by atoms with Crippen molar-refractivity contribution in [2.24, 2.45) is 0 Å². The fourth-order valence-electron chi connectivity index (χ4n) is 4.78. The van der Waals surface area contributed by atoms with Crippen LogP contribution in [0.15, 0.2) is 47.4 Å². The van der Waals surface area contributed by atoms with Crippen LogP contribution in [0.4, 0.5) is 25.8 Å². The van der Waals surface area contributed by atoms with Gasteiger partial charge in [0.1, 0.15) is 17.8 Å². The van der Waals surface area contributed by atoms with E-state index in [2.05, 4.69) is 20.9 Å². The summed E-state index contributed by atoms with van der Waals surface area (Å²) in [6.45, 7) is 6.38. The molecule has 0 spiro atoms. The molecule has 0 aliphatic carbocycles. The Morgan fingerprint density at radius 1 is 1.06 bits per heavy atom. The first kappa shape index (κ1) is 22.9. The second kappa shape index (κ2) is 8.72. The molecule has 1 aromatic heterocycles. The molecule has 2 aromatic carbocycles. The third-order valence-corrected chi connectivity index (χ3v) is 6.52. The molecule has 0 saturated heterocycles. The maximum absolute atomic E-state index is 14.1. The Bertz CT molecular complexity index is 1370. The van der Waals surface area contributed by atoms with E-state index in [9.17, 15) is 18.4 Å². The minimum atomic E-state index is -0.533. The van der Waals surface area contributed by atoms with E-state index < -0.39 is 17.8 Å². The molecule has 9 heteroatoms. The van der Waals surface area contributed by atoms with Gasteiger partial charge in [0, 0.05) is 36.1 Å². The van der Waals surface area contributed by atoms with E-state index in [1.165, 1.54) is 6.07 Å². The highest BCUT2D eigenvalue weighted by Gasteiger charge is 2.33. The van der Waals surface area contributed by atoms with Crippen LogP contribution in [-0.2, 0) is 13.0 Å². The number of hydrogen-bond donors (Lipinski definition) is 4. The highest BCUT2D eigenvalue weighted by Crippen LogP contribution is 2.40. The van der Waals surface area contributed by atoms with E-state index in [1.54, 1.807) is 12.3 Å². The van der Waals surface area contributed by atoms with Crippen molar-refractivity contribution in [1.29, 1.82) is 0 Å². The van der Waals surface area contributed by atoms with E-state index in [-0.39, 0.29) is 35.5 Å². The summed E-state index contributed by atoms with van der Waals surface area (Å²) < 4.78 is 27.7. The predicted octanol–water partition coefficient (Wildman–Crippen LogP) is 4.60. The van der Waals surface area contributed by atoms with Crippen LogP contribution < -0.4 is 21.5 Å². The van der Waals surface area contributed by atoms with Crippen LogP contribution in [0.2, 0.25) is 0 Å². The first-order chi connectivity index (χ1) is 16.7. The lowest BCUT2D eigenvalue weighted by molar-refractivity contribution is 0.0730. The van der Waals surface area contributed by atoms with Crippen molar-refractivity contribution in [2.45, 2.75) is 52.0 Å². The predicted molar refractivity (Wildman–Crippen MR) is 132 cm³/mol. The molecule has 182 valence electrons. The highest BCUT2D eigenvalue weighted by molar-refractivity contribution is 6.01. The van der Waals surface area contributed by atoms with Crippen LogP contribution in [-0.4, -0.2) is 27.9 Å². The number of amides is 1. The summed E-state index contributed by atoms with van der Waals surface area (Å²) in [5.41, 5.74) is 4.16. The molecule has 0 radical (unpaired) electrons. The van der Waals surface area contributed by atoms with Crippen molar-refractivity contribution in [1.82, 2.24) is 9.88 Å². The maximum atomic E-state index is 14.1. The first-order valence-corrected chi connectivity index (χ1v) is 11.6. The van der Waals surface area contributed by atoms with Gasteiger partial charge < -0.3 is 25.8 Å². The lowest BCUT2D eigenvalue weighted by Crippen LogP contribution is -2.30. The van der Waals surface area contributed by atoms with E-state index in [0.29, 0.717) is 23.4 Å². The summed E-state index contributed by atoms with van der Waals surface area (Å²) >= 11 is 0. The van der Waals surface area contributed by atoms with Crippen molar-refractivity contribution in [2.75, 3.05) is 16.0 Å². The normalized spacial score (nSPS) is 17.1. The number of halogens is 2. The van der Waals surface area contributed by atoms with E-state index in [4.69, 9.17) is 0 Å². The lowest BCUT2D eigenvalue weighted by Gasteiger charge is -2.21. The minimum Gasteiger partial charge on any atom is -0.382 e. The number of H-pyrrole nitrogens is 1. The number of benzene rings is 2. The van der Waals surface area contributed by atoms with Crippen LogP contribution in [0.1, 0.15) is 54.0 Å².